The van der Waals surface area contributed by atoms with Gasteiger partial charge in [0.05, 0.1) is 13.1 Å². The molecule has 1 aromatic heterocycles. The summed E-state index contributed by atoms with van der Waals surface area (Å²) < 4.78 is 5.52. The van der Waals surface area contributed by atoms with Crippen LogP contribution in [0.4, 0.5) is 5.95 Å². The molecule has 1 aromatic carbocycles. The molecule has 1 heterocycles. The maximum Gasteiger partial charge on any atom is 0.222 e. The Morgan fingerprint density at radius 3 is 2.67 bits per heavy atom. The molecule has 4 N–H and O–H groups in total. The number of benzene rings is 1. The minimum Gasteiger partial charge on any atom is -0.491 e. The number of rotatable bonds is 11. The molecule has 0 saturated carbocycles. The van der Waals surface area contributed by atoms with E-state index in [2.05, 4.69) is 27.5 Å². The topological polar surface area (TPSA) is 83.9 Å². The number of quaternary nitrogens is 1. The average Bonchev–Trinajstić information content (AvgIpc) is 2.62. The van der Waals surface area contributed by atoms with E-state index < -0.39 is 6.10 Å². The Balaban J connectivity index is 1.54. The van der Waals surface area contributed by atoms with E-state index in [0.29, 0.717) is 19.1 Å². The largest absolute Gasteiger partial charge is 0.491 e. The Bertz CT molecular complexity index is 563. The molecule has 0 aliphatic rings. The molecular weight excluding hydrogens is 304 g/mol. The number of nitrogens with one attached hydrogen (secondary N) is 1. The van der Waals surface area contributed by atoms with E-state index >= 15 is 0 Å². The summed E-state index contributed by atoms with van der Waals surface area (Å²) in [7, 11) is 0. The van der Waals surface area contributed by atoms with Crippen molar-refractivity contribution < 1.29 is 15.2 Å². The van der Waals surface area contributed by atoms with Gasteiger partial charge in [0.15, 0.2) is 0 Å². The first-order valence-electron chi connectivity index (χ1n) is 8.50. The third kappa shape index (κ3) is 6.93. The molecule has 1 atom stereocenters. The molecule has 130 valence electrons. The van der Waals surface area contributed by atoms with Crippen molar-refractivity contribution in [3.8, 4) is 5.75 Å². The van der Waals surface area contributed by atoms with E-state index in [-0.39, 0.29) is 0 Å². The molecule has 0 bridgehead atoms. The molecule has 0 fully saturated rings. The van der Waals surface area contributed by atoms with Gasteiger partial charge in [-0.05, 0) is 24.1 Å². The molecule has 0 unspecified atom stereocenters. The van der Waals surface area contributed by atoms with Crippen LogP contribution in [0.25, 0.3) is 0 Å². The highest BCUT2D eigenvalue weighted by atomic mass is 16.5. The summed E-state index contributed by atoms with van der Waals surface area (Å²) >= 11 is 0. The van der Waals surface area contributed by atoms with E-state index in [1.165, 1.54) is 0 Å². The Hall–Kier alpha value is -2.18. The maximum atomic E-state index is 9.91. The standard InChI is InChI=1S/C18H26N4O2/c1-2-6-15-11-21-18(22-12-15)20-10-9-19-13-16(23)14-24-17-7-4-3-5-8-17/h3-5,7-8,11-12,16,19,23H,2,6,9-10,13-14H2,1H3,(H,20,21,22)/p+1/t16-/m1/s1. The molecule has 2 rings (SSSR count). The molecule has 24 heavy (non-hydrogen) atoms. The van der Waals surface area contributed by atoms with Crippen molar-refractivity contribution in [1.29, 1.82) is 0 Å². The summed E-state index contributed by atoms with van der Waals surface area (Å²) in [6.45, 7) is 4.63. The second-order valence-electron chi connectivity index (χ2n) is 5.68. The van der Waals surface area contributed by atoms with E-state index in [1.54, 1.807) is 0 Å². The summed E-state index contributed by atoms with van der Waals surface area (Å²) in [5.74, 6) is 1.43. The van der Waals surface area contributed by atoms with Gasteiger partial charge in [-0.15, -0.1) is 0 Å². The van der Waals surface area contributed by atoms with E-state index in [9.17, 15) is 5.11 Å². The van der Waals surface area contributed by atoms with Crippen LogP contribution in [0, 0.1) is 0 Å². The lowest BCUT2D eigenvalue weighted by atomic mass is 10.2. The summed E-state index contributed by atoms with van der Waals surface area (Å²) in [5.41, 5.74) is 1.16. The van der Waals surface area contributed by atoms with Gasteiger partial charge in [-0.1, -0.05) is 31.5 Å². The summed E-state index contributed by atoms with van der Waals surface area (Å²) in [6.07, 6.45) is 5.36. The number of aliphatic hydroxyl groups excluding tert-OH is 1. The Morgan fingerprint density at radius 1 is 1.21 bits per heavy atom. The lowest BCUT2D eigenvalue weighted by molar-refractivity contribution is -0.658. The predicted molar refractivity (Wildman–Crippen MR) is 94.1 cm³/mol. The SMILES string of the molecule is CCCc1cnc(NCC[NH2+]C[C@@H](O)COc2ccccc2)nc1. The molecule has 2 aromatic rings. The maximum absolute atomic E-state index is 9.91. The fourth-order valence-corrected chi connectivity index (χ4v) is 2.24. The Kier molecular flexibility index (Phi) is 8.00. The summed E-state index contributed by atoms with van der Waals surface area (Å²) in [4.78, 5) is 8.58. The summed E-state index contributed by atoms with van der Waals surface area (Å²) in [5, 5.41) is 15.1. The quantitative estimate of drug-likeness (QED) is 0.532. The van der Waals surface area contributed by atoms with Gasteiger partial charge in [0.25, 0.3) is 0 Å². The zero-order valence-corrected chi connectivity index (χ0v) is 14.2. The van der Waals surface area contributed by atoms with Gasteiger partial charge in [0.2, 0.25) is 5.95 Å². The van der Waals surface area contributed by atoms with Gasteiger partial charge in [0.1, 0.15) is 25.0 Å². The van der Waals surface area contributed by atoms with Crippen molar-refractivity contribution in [1.82, 2.24) is 9.97 Å². The number of ether oxygens (including phenoxy) is 1. The number of aliphatic hydroxyl groups is 1. The fraction of sp³-hybridized carbons (Fsp3) is 0.444. The molecule has 0 amide bonds. The van der Waals surface area contributed by atoms with Gasteiger partial charge < -0.3 is 20.5 Å². The van der Waals surface area contributed by atoms with Crippen LogP contribution in [0.15, 0.2) is 42.7 Å². The molecule has 6 heteroatoms. The van der Waals surface area contributed by atoms with Crippen molar-refractivity contribution in [2.24, 2.45) is 0 Å². The lowest BCUT2D eigenvalue weighted by Gasteiger charge is -2.11. The minimum absolute atomic E-state index is 0.302. The van der Waals surface area contributed by atoms with Crippen LogP contribution in [0.3, 0.4) is 0 Å². The second kappa shape index (κ2) is 10.6. The predicted octanol–water partition coefficient (Wildman–Crippen LogP) is 0.844. The van der Waals surface area contributed by atoms with Crippen molar-refractivity contribution in [2.45, 2.75) is 25.9 Å². The number of nitrogens with two attached hydrogens (primary N) is 1. The number of anilines is 1. The van der Waals surface area contributed by atoms with E-state index in [0.717, 1.165) is 37.2 Å². The van der Waals surface area contributed by atoms with Gasteiger partial charge in [-0.3, -0.25) is 0 Å². The second-order valence-corrected chi connectivity index (χ2v) is 5.68. The third-order valence-electron chi connectivity index (χ3n) is 3.50. The number of hydrogen-bond acceptors (Lipinski definition) is 5. The van der Waals surface area contributed by atoms with Crippen LogP contribution >= 0.6 is 0 Å². The molecule has 0 saturated heterocycles. The zero-order chi connectivity index (χ0) is 17.0. The van der Waals surface area contributed by atoms with Crippen LogP contribution in [-0.4, -0.2) is 47.4 Å². The van der Waals surface area contributed by atoms with Crippen molar-refractivity contribution in [2.75, 3.05) is 31.6 Å². The van der Waals surface area contributed by atoms with Gasteiger partial charge in [0, 0.05) is 12.4 Å². The highest BCUT2D eigenvalue weighted by Crippen LogP contribution is 2.08. The average molecular weight is 331 g/mol. The molecule has 6 nitrogen and oxygen atoms in total. The third-order valence-corrected chi connectivity index (χ3v) is 3.50. The highest BCUT2D eigenvalue weighted by Gasteiger charge is 2.07. The van der Waals surface area contributed by atoms with Crippen LogP contribution in [-0.2, 0) is 6.42 Å². The van der Waals surface area contributed by atoms with Crippen LogP contribution in [0.5, 0.6) is 5.75 Å². The first-order valence-corrected chi connectivity index (χ1v) is 8.50. The number of hydrogen-bond donors (Lipinski definition) is 3. The lowest BCUT2D eigenvalue weighted by Crippen LogP contribution is -2.87. The van der Waals surface area contributed by atoms with E-state index in [1.807, 2.05) is 42.7 Å². The highest BCUT2D eigenvalue weighted by molar-refractivity contribution is 5.24. The number of nitrogens with zero attached hydrogens (tertiary/aromatic N) is 2. The van der Waals surface area contributed by atoms with E-state index in [4.69, 9.17) is 4.74 Å². The molecule has 0 radical (unpaired) electrons. The molecule has 0 aliphatic carbocycles. The van der Waals surface area contributed by atoms with Crippen LogP contribution < -0.4 is 15.4 Å². The van der Waals surface area contributed by atoms with Crippen molar-refractivity contribution >= 4 is 5.95 Å². The van der Waals surface area contributed by atoms with Crippen LogP contribution in [0.2, 0.25) is 0 Å². The monoisotopic (exact) mass is 331 g/mol. The fourth-order valence-electron chi connectivity index (χ4n) is 2.24. The summed E-state index contributed by atoms with van der Waals surface area (Å²) in [6, 6.07) is 9.52. The zero-order valence-electron chi connectivity index (χ0n) is 14.2. The molecular formula is C18H27N4O2+. The van der Waals surface area contributed by atoms with Crippen molar-refractivity contribution in [3.63, 3.8) is 0 Å². The van der Waals surface area contributed by atoms with Gasteiger partial charge in [-0.2, -0.15) is 0 Å². The molecule has 0 spiro atoms. The number of aryl methyl sites for hydroxylation is 1. The normalized spacial score (nSPS) is 11.9. The minimum atomic E-state index is -0.491. The van der Waals surface area contributed by atoms with Gasteiger partial charge >= 0.3 is 0 Å². The Labute approximate surface area is 143 Å². The van der Waals surface area contributed by atoms with Gasteiger partial charge in [-0.25, -0.2) is 9.97 Å². The number of para-hydroxylation sites is 1. The first-order chi connectivity index (χ1) is 11.8. The van der Waals surface area contributed by atoms with Crippen LogP contribution in [0.1, 0.15) is 18.9 Å². The smallest absolute Gasteiger partial charge is 0.222 e. The number of aromatic nitrogens is 2. The van der Waals surface area contributed by atoms with Crippen molar-refractivity contribution in [3.05, 3.63) is 48.3 Å². The molecule has 0 aliphatic heterocycles. The Morgan fingerprint density at radius 2 is 1.96 bits per heavy atom. The first kappa shape index (κ1) is 18.2.